The molecule has 0 bridgehead atoms. The molecular formula is C15H23INO3+. The molecule has 5 heteroatoms. The average Bonchev–Trinajstić information content (AvgIpc) is 2.46. The van der Waals surface area contributed by atoms with Gasteiger partial charge >= 0.3 is 0 Å². The van der Waals surface area contributed by atoms with E-state index in [4.69, 9.17) is 9.47 Å². The molecule has 0 amide bonds. The van der Waals surface area contributed by atoms with Crippen molar-refractivity contribution in [1.29, 1.82) is 0 Å². The van der Waals surface area contributed by atoms with Crippen LogP contribution in [0.4, 0.5) is 0 Å². The molecule has 112 valence electrons. The minimum Gasteiger partial charge on any atom is -0.493 e. The molecule has 3 N–H and O–H groups in total. The summed E-state index contributed by atoms with van der Waals surface area (Å²) in [6.45, 7) is 7.20. The van der Waals surface area contributed by atoms with E-state index < -0.39 is 0 Å². The van der Waals surface area contributed by atoms with E-state index in [-0.39, 0.29) is 12.6 Å². The molecule has 0 saturated heterocycles. The van der Waals surface area contributed by atoms with Crippen molar-refractivity contribution in [2.75, 3.05) is 20.3 Å². The molecule has 0 aliphatic carbocycles. The number of aliphatic hydroxyl groups excluding tert-OH is 1. The van der Waals surface area contributed by atoms with Gasteiger partial charge in [-0.1, -0.05) is 19.6 Å². The van der Waals surface area contributed by atoms with Crippen molar-refractivity contribution in [3.63, 3.8) is 0 Å². The second-order valence-corrected chi connectivity index (χ2v) is 5.66. The Kier molecular flexibility index (Phi) is 7.94. The maximum Gasteiger partial charge on any atom is 0.174 e. The van der Waals surface area contributed by atoms with Crippen LogP contribution in [0.5, 0.6) is 11.5 Å². The van der Waals surface area contributed by atoms with Crippen LogP contribution in [0.25, 0.3) is 0 Å². The van der Waals surface area contributed by atoms with E-state index >= 15 is 0 Å². The van der Waals surface area contributed by atoms with E-state index in [2.05, 4.69) is 47.5 Å². The van der Waals surface area contributed by atoms with E-state index in [9.17, 15) is 5.11 Å². The summed E-state index contributed by atoms with van der Waals surface area (Å²) in [6.07, 6.45) is 2.66. The maximum absolute atomic E-state index is 9.21. The monoisotopic (exact) mass is 392 g/mol. The Labute approximate surface area is 134 Å². The van der Waals surface area contributed by atoms with Crippen molar-refractivity contribution in [1.82, 2.24) is 0 Å². The van der Waals surface area contributed by atoms with Gasteiger partial charge in [0.25, 0.3) is 0 Å². The van der Waals surface area contributed by atoms with Crippen LogP contribution < -0.4 is 14.8 Å². The Bertz CT molecular complexity index is 433. The van der Waals surface area contributed by atoms with Crippen molar-refractivity contribution in [3.8, 4) is 11.5 Å². The smallest absolute Gasteiger partial charge is 0.174 e. The van der Waals surface area contributed by atoms with Gasteiger partial charge in [-0.05, 0) is 41.1 Å². The topological polar surface area (TPSA) is 55.3 Å². The number of halogens is 1. The van der Waals surface area contributed by atoms with Crippen LogP contribution in [-0.4, -0.2) is 31.5 Å². The summed E-state index contributed by atoms with van der Waals surface area (Å²) in [7, 11) is 1.64. The fraction of sp³-hybridized carbons (Fsp3) is 0.467. The zero-order valence-corrected chi connectivity index (χ0v) is 14.2. The van der Waals surface area contributed by atoms with Crippen LogP contribution in [-0.2, 0) is 6.54 Å². The normalized spacial score (nSPS) is 12.0. The van der Waals surface area contributed by atoms with Gasteiger partial charge in [-0.3, -0.25) is 0 Å². The fourth-order valence-electron chi connectivity index (χ4n) is 1.85. The number of quaternary nitrogens is 1. The van der Waals surface area contributed by atoms with Gasteiger partial charge in [-0.2, -0.15) is 0 Å². The molecule has 0 fully saturated rings. The maximum atomic E-state index is 9.21. The Morgan fingerprint density at radius 1 is 1.50 bits per heavy atom. The highest BCUT2D eigenvalue weighted by Gasteiger charge is 2.13. The van der Waals surface area contributed by atoms with Gasteiger partial charge in [-0.15, -0.1) is 0 Å². The molecule has 1 aromatic rings. The van der Waals surface area contributed by atoms with Crippen LogP contribution in [0.3, 0.4) is 0 Å². The lowest BCUT2D eigenvalue weighted by Crippen LogP contribution is -2.89. The van der Waals surface area contributed by atoms with Crippen LogP contribution in [0.1, 0.15) is 18.9 Å². The average molecular weight is 392 g/mol. The Hall–Kier alpha value is -0.790. The number of ether oxygens (including phenoxy) is 2. The van der Waals surface area contributed by atoms with Gasteiger partial charge in [-0.25, -0.2) is 0 Å². The molecular weight excluding hydrogens is 369 g/mol. The summed E-state index contributed by atoms with van der Waals surface area (Å²) in [4.78, 5) is 0. The second kappa shape index (κ2) is 9.20. The van der Waals surface area contributed by atoms with Gasteiger partial charge in [0.05, 0.1) is 17.3 Å². The minimum absolute atomic E-state index is 0.200. The molecule has 20 heavy (non-hydrogen) atoms. The molecule has 1 rings (SSSR count). The molecule has 1 atom stereocenters. The van der Waals surface area contributed by atoms with E-state index in [1.54, 1.807) is 13.2 Å². The first-order chi connectivity index (χ1) is 9.65. The number of rotatable bonds is 9. The molecule has 1 aromatic carbocycles. The third-order valence-electron chi connectivity index (χ3n) is 3.08. The van der Waals surface area contributed by atoms with Gasteiger partial charge in [0.15, 0.2) is 11.5 Å². The highest BCUT2D eigenvalue weighted by atomic mass is 127. The molecule has 0 aliphatic heterocycles. The van der Waals surface area contributed by atoms with E-state index in [1.807, 2.05) is 6.07 Å². The SMILES string of the molecule is C=CCOc1c(I)cc(C[NH2+][C@H](CC)CO)cc1OC. The lowest BCUT2D eigenvalue weighted by Gasteiger charge is -2.15. The van der Waals surface area contributed by atoms with Crippen LogP contribution in [0.15, 0.2) is 24.8 Å². The number of hydrogen-bond donors (Lipinski definition) is 2. The molecule has 0 unspecified atom stereocenters. The van der Waals surface area contributed by atoms with Gasteiger partial charge < -0.3 is 19.9 Å². The number of aliphatic hydroxyl groups is 1. The van der Waals surface area contributed by atoms with Crippen molar-refractivity contribution in [2.24, 2.45) is 0 Å². The summed E-state index contributed by atoms with van der Waals surface area (Å²) < 4.78 is 12.0. The minimum atomic E-state index is 0.200. The highest BCUT2D eigenvalue weighted by Crippen LogP contribution is 2.33. The predicted molar refractivity (Wildman–Crippen MR) is 88.2 cm³/mol. The quantitative estimate of drug-likeness (QED) is 0.497. The van der Waals surface area contributed by atoms with E-state index in [0.717, 1.165) is 33.6 Å². The largest absolute Gasteiger partial charge is 0.493 e. The molecule has 0 aromatic heterocycles. The summed E-state index contributed by atoms with van der Waals surface area (Å²) in [5.74, 6) is 1.49. The summed E-state index contributed by atoms with van der Waals surface area (Å²) in [5.41, 5.74) is 1.16. The number of benzene rings is 1. The Morgan fingerprint density at radius 2 is 2.25 bits per heavy atom. The highest BCUT2D eigenvalue weighted by molar-refractivity contribution is 14.1. The van der Waals surface area contributed by atoms with Crippen molar-refractivity contribution in [3.05, 3.63) is 33.9 Å². The van der Waals surface area contributed by atoms with Crippen LogP contribution in [0.2, 0.25) is 0 Å². The molecule has 0 aliphatic rings. The first-order valence-corrected chi connectivity index (χ1v) is 7.78. The van der Waals surface area contributed by atoms with Crippen molar-refractivity contribution in [2.45, 2.75) is 25.9 Å². The van der Waals surface area contributed by atoms with Crippen LogP contribution in [0, 0.1) is 3.57 Å². The van der Waals surface area contributed by atoms with Gasteiger partial charge in [0.2, 0.25) is 0 Å². The van der Waals surface area contributed by atoms with Gasteiger partial charge in [0.1, 0.15) is 19.2 Å². The van der Waals surface area contributed by atoms with Crippen molar-refractivity contribution >= 4 is 22.6 Å². The van der Waals surface area contributed by atoms with E-state index in [0.29, 0.717) is 6.61 Å². The summed E-state index contributed by atoms with van der Waals surface area (Å²) >= 11 is 2.25. The number of nitrogens with two attached hydrogens (primary N) is 1. The van der Waals surface area contributed by atoms with Crippen LogP contribution >= 0.6 is 22.6 Å². The Morgan fingerprint density at radius 3 is 2.80 bits per heavy atom. The molecule has 0 spiro atoms. The molecule has 0 heterocycles. The molecule has 0 radical (unpaired) electrons. The van der Waals surface area contributed by atoms with Crippen molar-refractivity contribution < 1.29 is 19.9 Å². The lowest BCUT2D eigenvalue weighted by atomic mass is 10.1. The number of methoxy groups -OCH3 is 1. The summed E-state index contributed by atoms with van der Waals surface area (Å²) in [5, 5.41) is 11.4. The standard InChI is InChI=1S/C15H22INO3/c1-4-6-20-15-13(16)7-11(8-14(15)19-3)9-17-12(5-2)10-18/h4,7-8,12,17-18H,1,5-6,9-10H2,2-3H3/p+1/t12-/m1/s1. The summed E-state index contributed by atoms with van der Waals surface area (Å²) in [6, 6.07) is 4.32. The second-order valence-electron chi connectivity index (χ2n) is 4.50. The van der Waals surface area contributed by atoms with Gasteiger partial charge in [0, 0.05) is 5.56 Å². The first kappa shape index (κ1) is 17.3. The molecule has 4 nitrogen and oxygen atoms in total. The third kappa shape index (κ3) is 4.96. The fourth-order valence-corrected chi connectivity index (χ4v) is 2.67. The third-order valence-corrected chi connectivity index (χ3v) is 3.88. The zero-order valence-electron chi connectivity index (χ0n) is 12.1. The predicted octanol–water partition coefficient (Wildman–Crippen LogP) is 1.70. The zero-order chi connectivity index (χ0) is 15.0. The lowest BCUT2D eigenvalue weighted by molar-refractivity contribution is -0.706. The Balaban J connectivity index is 2.84. The number of hydrogen-bond acceptors (Lipinski definition) is 3. The molecule has 0 saturated carbocycles. The first-order valence-electron chi connectivity index (χ1n) is 6.70. The van der Waals surface area contributed by atoms with E-state index in [1.165, 1.54) is 0 Å².